The fraction of sp³-hybridized carbons (Fsp3) is 0.259. The minimum absolute atomic E-state index is 0.0133. The molecular weight excluding hydrogens is 448 g/mol. The van der Waals surface area contributed by atoms with E-state index in [-0.39, 0.29) is 29.6 Å². The van der Waals surface area contributed by atoms with Gasteiger partial charge in [0.2, 0.25) is 17.1 Å². The average molecular weight is 475 g/mol. The Balaban J connectivity index is 1.49. The van der Waals surface area contributed by atoms with Crippen molar-refractivity contribution in [1.82, 2.24) is 9.88 Å². The van der Waals surface area contributed by atoms with Crippen molar-refractivity contribution in [2.45, 2.75) is 32.2 Å². The molecule has 0 saturated heterocycles. The summed E-state index contributed by atoms with van der Waals surface area (Å²) in [6, 6.07) is 14.0. The van der Waals surface area contributed by atoms with Crippen LogP contribution in [0.3, 0.4) is 0 Å². The van der Waals surface area contributed by atoms with E-state index in [2.05, 4.69) is 11.1 Å². The molecule has 1 amide bonds. The molecule has 1 aliphatic heterocycles. The van der Waals surface area contributed by atoms with E-state index in [1.807, 2.05) is 18.2 Å². The van der Waals surface area contributed by atoms with Crippen LogP contribution in [0.15, 0.2) is 57.7 Å². The van der Waals surface area contributed by atoms with Crippen molar-refractivity contribution in [2.75, 3.05) is 13.7 Å². The smallest absolute Gasteiger partial charge is 0.227 e. The molecule has 2 aromatic carbocycles. The van der Waals surface area contributed by atoms with Gasteiger partial charge < -0.3 is 29.3 Å². The molecule has 8 heteroatoms. The zero-order chi connectivity index (χ0) is 24.7. The number of fused-ring (bicyclic) bond motifs is 3. The molecule has 5 rings (SSSR count). The van der Waals surface area contributed by atoms with Gasteiger partial charge in [0.1, 0.15) is 5.76 Å². The number of phenols is 1. The Kier molecular flexibility index (Phi) is 5.72. The number of para-hydroxylation sites is 1. The molecule has 35 heavy (non-hydrogen) atoms. The molecule has 3 N–H and O–H groups in total. The Labute approximate surface area is 201 Å². The third-order valence-corrected chi connectivity index (χ3v) is 6.61. The summed E-state index contributed by atoms with van der Waals surface area (Å²) in [7, 11) is 1.43. The van der Waals surface area contributed by atoms with Gasteiger partial charge in [-0.15, -0.1) is 0 Å². The summed E-state index contributed by atoms with van der Waals surface area (Å²) < 4.78 is 11.0. The predicted molar refractivity (Wildman–Crippen MR) is 130 cm³/mol. The molecule has 0 saturated carbocycles. The van der Waals surface area contributed by atoms with Crippen molar-refractivity contribution in [3.8, 4) is 17.2 Å². The summed E-state index contributed by atoms with van der Waals surface area (Å²) in [6.45, 7) is 2.62. The molecule has 2 aromatic heterocycles. The Hall–Kier alpha value is -4.20. The number of aryl methyl sites for hydroxylation is 1. The average Bonchev–Trinajstić information content (AvgIpc) is 3.23. The molecular formula is C27H26N2O6. The van der Waals surface area contributed by atoms with Gasteiger partial charge in [0, 0.05) is 35.6 Å². The van der Waals surface area contributed by atoms with E-state index in [0.29, 0.717) is 24.4 Å². The van der Waals surface area contributed by atoms with E-state index in [1.54, 1.807) is 24.0 Å². The molecule has 180 valence electrons. The van der Waals surface area contributed by atoms with Crippen LogP contribution in [-0.2, 0) is 17.8 Å². The van der Waals surface area contributed by atoms with Crippen LogP contribution in [0.2, 0.25) is 0 Å². The summed E-state index contributed by atoms with van der Waals surface area (Å²) in [5.74, 6) is -0.930. The van der Waals surface area contributed by atoms with Gasteiger partial charge in [-0.05, 0) is 42.7 Å². The normalized spacial score (nSPS) is 14.1. The number of amides is 1. The lowest BCUT2D eigenvalue weighted by Crippen LogP contribution is -2.36. The third kappa shape index (κ3) is 4.12. The first kappa shape index (κ1) is 22.6. The highest BCUT2D eigenvalue weighted by Crippen LogP contribution is 2.38. The molecule has 1 aliphatic rings. The number of hydrogen-bond donors (Lipinski definition) is 3. The topological polar surface area (TPSA) is 116 Å². The number of nitrogens with one attached hydrogen (secondary N) is 1. The highest BCUT2D eigenvalue weighted by Gasteiger charge is 2.30. The number of carbonyl (C=O) groups is 1. The Morgan fingerprint density at radius 3 is 2.80 bits per heavy atom. The second kappa shape index (κ2) is 8.87. The van der Waals surface area contributed by atoms with Crippen molar-refractivity contribution in [1.29, 1.82) is 0 Å². The van der Waals surface area contributed by atoms with E-state index in [4.69, 9.17) is 9.15 Å². The SMILES string of the molecule is COc1cc([C@@H](CC(=O)N2CCc3c([nH]c4ccccc34)C2)c2oc(C)cc(=O)c2O)ccc1O. The molecule has 0 spiro atoms. The van der Waals surface area contributed by atoms with Gasteiger partial charge in [-0.3, -0.25) is 9.59 Å². The number of phenolic OH excluding ortho intramolecular Hbond substituents is 1. The quantitative estimate of drug-likeness (QED) is 0.403. The van der Waals surface area contributed by atoms with Crippen LogP contribution in [0.1, 0.15) is 40.7 Å². The highest BCUT2D eigenvalue weighted by atomic mass is 16.5. The second-order valence-electron chi connectivity index (χ2n) is 8.82. The van der Waals surface area contributed by atoms with Gasteiger partial charge >= 0.3 is 0 Å². The molecule has 0 radical (unpaired) electrons. The molecule has 4 aromatic rings. The first-order chi connectivity index (χ1) is 16.9. The lowest BCUT2D eigenvalue weighted by Gasteiger charge is -2.29. The summed E-state index contributed by atoms with van der Waals surface area (Å²) >= 11 is 0. The summed E-state index contributed by atoms with van der Waals surface area (Å²) in [4.78, 5) is 31.0. The van der Waals surface area contributed by atoms with Crippen LogP contribution >= 0.6 is 0 Å². The number of H-pyrrole nitrogens is 1. The molecule has 1 atom stereocenters. The Bertz CT molecular complexity index is 1490. The number of aromatic nitrogens is 1. The standard InChI is InChI=1S/C27H26N2O6/c1-15-11-23(31)26(33)27(35-15)19(16-7-8-22(30)24(12-16)34-2)13-25(32)29-10-9-18-17-5-3-4-6-20(17)28-21(18)14-29/h3-8,11-12,19,28,30,33H,9-10,13-14H2,1-2H3/t19-/m1/s1. The van der Waals surface area contributed by atoms with E-state index in [9.17, 15) is 19.8 Å². The van der Waals surface area contributed by atoms with Crippen LogP contribution in [0.4, 0.5) is 0 Å². The summed E-state index contributed by atoms with van der Waals surface area (Å²) in [5.41, 5.74) is 3.28. The number of aromatic hydroxyl groups is 2. The van der Waals surface area contributed by atoms with Gasteiger partial charge in [-0.25, -0.2) is 0 Å². The van der Waals surface area contributed by atoms with Crippen LogP contribution in [0, 0.1) is 6.92 Å². The monoisotopic (exact) mass is 474 g/mol. The van der Waals surface area contributed by atoms with Gasteiger partial charge in [-0.1, -0.05) is 24.3 Å². The predicted octanol–water partition coefficient (Wildman–Crippen LogP) is 3.96. The number of hydrogen-bond acceptors (Lipinski definition) is 6. The maximum absolute atomic E-state index is 13.5. The highest BCUT2D eigenvalue weighted by molar-refractivity contribution is 5.86. The van der Waals surface area contributed by atoms with Crippen molar-refractivity contribution in [3.05, 3.63) is 87.1 Å². The number of rotatable bonds is 5. The lowest BCUT2D eigenvalue weighted by atomic mass is 9.90. The number of aromatic amines is 1. The van der Waals surface area contributed by atoms with Crippen LogP contribution in [-0.4, -0.2) is 39.7 Å². The fourth-order valence-electron chi connectivity index (χ4n) is 4.84. The first-order valence-corrected chi connectivity index (χ1v) is 11.4. The zero-order valence-corrected chi connectivity index (χ0v) is 19.5. The van der Waals surface area contributed by atoms with Gasteiger partial charge in [0.25, 0.3) is 0 Å². The molecule has 8 nitrogen and oxygen atoms in total. The van der Waals surface area contributed by atoms with Crippen molar-refractivity contribution < 1.29 is 24.2 Å². The molecule has 0 aliphatic carbocycles. The maximum atomic E-state index is 13.5. The maximum Gasteiger partial charge on any atom is 0.227 e. The summed E-state index contributed by atoms with van der Waals surface area (Å²) in [5, 5.41) is 21.8. The molecule has 0 bridgehead atoms. The minimum atomic E-state index is -0.756. The minimum Gasteiger partial charge on any atom is -0.504 e. The van der Waals surface area contributed by atoms with Crippen LogP contribution in [0.25, 0.3) is 10.9 Å². The van der Waals surface area contributed by atoms with Crippen LogP contribution in [0.5, 0.6) is 17.2 Å². The van der Waals surface area contributed by atoms with Gasteiger partial charge in [0.15, 0.2) is 17.3 Å². The van der Waals surface area contributed by atoms with E-state index < -0.39 is 17.1 Å². The largest absolute Gasteiger partial charge is 0.504 e. The van der Waals surface area contributed by atoms with Crippen molar-refractivity contribution >= 4 is 16.8 Å². The Morgan fingerprint density at radius 2 is 2.00 bits per heavy atom. The number of ether oxygens (including phenoxy) is 1. The molecule has 0 fully saturated rings. The second-order valence-corrected chi connectivity index (χ2v) is 8.82. The lowest BCUT2D eigenvalue weighted by molar-refractivity contribution is -0.132. The fourth-order valence-corrected chi connectivity index (χ4v) is 4.84. The van der Waals surface area contributed by atoms with E-state index >= 15 is 0 Å². The first-order valence-electron chi connectivity index (χ1n) is 11.4. The molecule has 0 unspecified atom stereocenters. The zero-order valence-electron chi connectivity index (χ0n) is 19.5. The number of nitrogens with zero attached hydrogens (tertiary/aromatic N) is 1. The van der Waals surface area contributed by atoms with E-state index in [0.717, 1.165) is 17.6 Å². The number of methoxy groups -OCH3 is 1. The van der Waals surface area contributed by atoms with Crippen LogP contribution < -0.4 is 10.2 Å². The van der Waals surface area contributed by atoms with E-state index in [1.165, 1.54) is 30.2 Å². The summed E-state index contributed by atoms with van der Waals surface area (Å²) in [6.07, 6.45) is 0.691. The number of benzene rings is 2. The Morgan fingerprint density at radius 1 is 1.20 bits per heavy atom. The van der Waals surface area contributed by atoms with Gasteiger partial charge in [0.05, 0.1) is 19.6 Å². The van der Waals surface area contributed by atoms with Crippen molar-refractivity contribution in [3.63, 3.8) is 0 Å². The third-order valence-electron chi connectivity index (χ3n) is 6.61. The van der Waals surface area contributed by atoms with Crippen molar-refractivity contribution in [2.24, 2.45) is 0 Å². The van der Waals surface area contributed by atoms with Gasteiger partial charge in [-0.2, -0.15) is 0 Å². The molecule has 3 heterocycles. The number of carbonyl (C=O) groups excluding carboxylic acids is 1.